The summed E-state index contributed by atoms with van der Waals surface area (Å²) in [6, 6.07) is 4.23. The third-order valence-electron chi connectivity index (χ3n) is 2.41. The Morgan fingerprint density at radius 1 is 1.37 bits per heavy atom. The maximum absolute atomic E-state index is 12.8. The van der Waals surface area contributed by atoms with Gasteiger partial charge in [-0.25, -0.2) is 0 Å². The van der Waals surface area contributed by atoms with Crippen molar-refractivity contribution < 1.29 is 22.4 Å². The van der Waals surface area contributed by atoms with Crippen LogP contribution < -0.4 is 10.5 Å². The molecule has 2 N–H and O–H groups in total. The summed E-state index contributed by atoms with van der Waals surface area (Å²) in [5.74, 6) is -1.48. The number of rotatable bonds is 2. The predicted molar refractivity (Wildman–Crippen MR) is 62.9 cm³/mol. The van der Waals surface area contributed by atoms with Crippen LogP contribution in [-0.2, 0) is 6.18 Å². The lowest BCUT2D eigenvalue weighted by Crippen LogP contribution is -2.06. The molecule has 0 aliphatic heterocycles. The Bertz CT molecular complexity index is 610. The fourth-order valence-corrected chi connectivity index (χ4v) is 1.80. The van der Waals surface area contributed by atoms with Gasteiger partial charge in [-0.05, 0) is 18.2 Å². The first kappa shape index (κ1) is 13.5. The first-order valence-corrected chi connectivity index (χ1v) is 5.38. The van der Waals surface area contributed by atoms with Gasteiger partial charge in [0.05, 0.1) is 12.7 Å². The van der Waals surface area contributed by atoms with E-state index >= 15 is 0 Å². The van der Waals surface area contributed by atoms with E-state index < -0.39 is 11.9 Å². The van der Waals surface area contributed by atoms with Crippen LogP contribution in [0.1, 0.15) is 5.76 Å². The van der Waals surface area contributed by atoms with E-state index in [-0.39, 0.29) is 27.7 Å². The number of methoxy groups -OCH3 is 1. The number of nitrogens with two attached hydrogens (primary N) is 1. The molecule has 1 aromatic carbocycles. The van der Waals surface area contributed by atoms with Crippen molar-refractivity contribution in [2.45, 2.75) is 6.18 Å². The molecule has 0 unspecified atom stereocenters. The molecular formula is C11H8ClF3N2O2. The average molecular weight is 293 g/mol. The molecule has 0 atom stereocenters. The monoisotopic (exact) mass is 292 g/mol. The van der Waals surface area contributed by atoms with Crippen LogP contribution in [0.15, 0.2) is 22.7 Å². The van der Waals surface area contributed by atoms with Gasteiger partial charge in [0.15, 0.2) is 5.82 Å². The van der Waals surface area contributed by atoms with Crippen LogP contribution in [0.25, 0.3) is 11.1 Å². The second-order valence-electron chi connectivity index (χ2n) is 3.61. The predicted octanol–water partition coefficient (Wildman–Crippen LogP) is 3.60. The van der Waals surface area contributed by atoms with Crippen LogP contribution in [0, 0.1) is 0 Å². The molecule has 2 aromatic rings. The van der Waals surface area contributed by atoms with Crippen molar-refractivity contribution in [3.05, 3.63) is 29.0 Å². The zero-order chi connectivity index (χ0) is 14.2. The van der Waals surface area contributed by atoms with Crippen LogP contribution in [-0.4, -0.2) is 12.3 Å². The van der Waals surface area contributed by atoms with E-state index in [0.29, 0.717) is 0 Å². The van der Waals surface area contributed by atoms with E-state index in [4.69, 9.17) is 22.1 Å². The lowest BCUT2D eigenvalue weighted by molar-refractivity contribution is -0.154. The van der Waals surface area contributed by atoms with Crippen LogP contribution in [0.2, 0.25) is 5.02 Å². The maximum Gasteiger partial charge on any atom is 0.453 e. The molecule has 0 spiro atoms. The third kappa shape index (κ3) is 2.46. The highest BCUT2D eigenvalue weighted by atomic mass is 35.5. The summed E-state index contributed by atoms with van der Waals surface area (Å²) < 4.78 is 47.7. The minimum absolute atomic E-state index is 0.0704. The summed E-state index contributed by atoms with van der Waals surface area (Å²) in [5, 5.41) is 3.39. The number of anilines is 1. The molecule has 0 aliphatic rings. The van der Waals surface area contributed by atoms with Gasteiger partial charge < -0.3 is 15.0 Å². The van der Waals surface area contributed by atoms with Gasteiger partial charge in [0.1, 0.15) is 5.75 Å². The van der Waals surface area contributed by atoms with Crippen molar-refractivity contribution in [3.63, 3.8) is 0 Å². The largest absolute Gasteiger partial charge is 0.496 e. The molecule has 0 amide bonds. The van der Waals surface area contributed by atoms with Crippen molar-refractivity contribution in [1.29, 1.82) is 0 Å². The van der Waals surface area contributed by atoms with Gasteiger partial charge in [0.25, 0.3) is 5.76 Å². The number of ether oxygens (including phenoxy) is 1. The van der Waals surface area contributed by atoms with Gasteiger partial charge in [-0.3, -0.25) is 0 Å². The molecule has 0 aliphatic carbocycles. The van der Waals surface area contributed by atoms with Gasteiger partial charge in [-0.2, -0.15) is 13.2 Å². The smallest absolute Gasteiger partial charge is 0.453 e. The SMILES string of the molecule is COc1ccc(Cl)cc1-c1c(N)noc1C(F)(F)F. The van der Waals surface area contributed by atoms with Gasteiger partial charge >= 0.3 is 6.18 Å². The number of halogens is 4. The molecule has 2 rings (SSSR count). The number of nitrogen functional groups attached to an aromatic ring is 1. The molecule has 0 saturated heterocycles. The Balaban J connectivity index is 2.72. The zero-order valence-electron chi connectivity index (χ0n) is 9.58. The summed E-state index contributed by atoms with van der Waals surface area (Å²) in [6.45, 7) is 0. The van der Waals surface area contributed by atoms with Gasteiger partial charge in [-0.1, -0.05) is 16.8 Å². The molecule has 0 bridgehead atoms. The third-order valence-corrected chi connectivity index (χ3v) is 2.64. The van der Waals surface area contributed by atoms with Crippen LogP contribution in [0.3, 0.4) is 0 Å². The second kappa shape index (κ2) is 4.65. The van der Waals surface area contributed by atoms with Gasteiger partial charge in [-0.15, -0.1) is 0 Å². The maximum atomic E-state index is 12.8. The number of hydrogen-bond acceptors (Lipinski definition) is 4. The van der Waals surface area contributed by atoms with Gasteiger partial charge in [0.2, 0.25) is 0 Å². The number of hydrogen-bond donors (Lipinski definition) is 1. The summed E-state index contributed by atoms with van der Waals surface area (Å²) in [6.07, 6.45) is -4.71. The van der Waals surface area contributed by atoms with Crippen LogP contribution in [0.4, 0.5) is 19.0 Å². The fraction of sp³-hybridized carbons (Fsp3) is 0.182. The number of alkyl halides is 3. The summed E-state index contributed by atoms with van der Waals surface area (Å²) in [7, 11) is 1.32. The highest BCUT2D eigenvalue weighted by Gasteiger charge is 2.41. The van der Waals surface area contributed by atoms with E-state index in [1.807, 2.05) is 0 Å². The van der Waals surface area contributed by atoms with Crippen molar-refractivity contribution in [2.75, 3.05) is 12.8 Å². The lowest BCUT2D eigenvalue weighted by Gasteiger charge is -2.10. The molecule has 0 radical (unpaired) electrons. The highest BCUT2D eigenvalue weighted by Crippen LogP contribution is 2.44. The summed E-state index contributed by atoms with van der Waals surface area (Å²) in [5.41, 5.74) is 5.13. The van der Waals surface area contributed by atoms with Crippen molar-refractivity contribution >= 4 is 17.4 Å². The van der Waals surface area contributed by atoms with E-state index in [0.717, 1.165) is 0 Å². The summed E-state index contributed by atoms with van der Waals surface area (Å²) in [4.78, 5) is 0. The Labute approximate surface area is 110 Å². The van der Waals surface area contributed by atoms with Crippen molar-refractivity contribution in [2.24, 2.45) is 0 Å². The molecule has 1 aromatic heterocycles. The molecule has 1 heterocycles. The standard InChI is InChI=1S/C11H8ClF3N2O2/c1-18-7-3-2-5(12)4-6(7)8-9(11(13,14)15)19-17-10(8)16/h2-4H,1H3,(H2,16,17). The Kier molecular flexibility index (Phi) is 3.32. The number of aromatic nitrogens is 1. The van der Waals surface area contributed by atoms with Crippen LogP contribution >= 0.6 is 11.6 Å². The first-order valence-electron chi connectivity index (χ1n) is 5.01. The average Bonchev–Trinajstić information content (AvgIpc) is 2.70. The quantitative estimate of drug-likeness (QED) is 0.918. The molecule has 4 nitrogen and oxygen atoms in total. The molecule has 8 heteroatoms. The number of nitrogens with zero attached hydrogens (tertiary/aromatic N) is 1. The van der Waals surface area contributed by atoms with Crippen LogP contribution in [0.5, 0.6) is 5.75 Å². The minimum atomic E-state index is -4.71. The molecule has 0 saturated carbocycles. The molecule has 102 valence electrons. The lowest BCUT2D eigenvalue weighted by atomic mass is 10.0. The number of benzene rings is 1. The van der Waals surface area contributed by atoms with E-state index in [1.165, 1.54) is 25.3 Å². The van der Waals surface area contributed by atoms with Gasteiger partial charge in [0, 0.05) is 10.6 Å². The normalized spacial score (nSPS) is 11.6. The first-order chi connectivity index (χ1) is 8.84. The Hall–Kier alpha value is -1.89. The van der Waals surface area contributed by atoms with Crippen molar-refractivity contribution in [1.82, 2.24) is 5.16 Å². The molecule has 19 heavy (non-hydrogen) atoms. The second-order valence-corrected chi connectivity index (χ2v) is 4.05. The summed E-state index contributed by atoms with van der Waals surface area (Å²) >= 11 is 5.78. The van der Waals surface area contributed by atoms with E-state index in [9.17, 15) is 13.2 Å². The Morgan fingerprint density at radius 2 is 2.05 bits per heavy atom. The molecular weight excluding hydrogens is 285 g/mol. The fourth-order valence-electron chi connectivity index (χ4n) is 1.63. The highest BCUT2D eigenvalue weighted by molar-refractivity contribution is 6.31. The topological polar surface area (TPSA) is 61.3 Å². The zero-order valence-corrected chi connectivity index (χ0v) is 10.3. The van der Waals surface area contributed by atoms with E-state index in [2.05, 4.69) is 9.68 Å². The van der Waals surface area contributed by atoms with Crippen molar-refractivity contribution in [3.8, 4) is 16.9 Å². The molecule has 0 fully saturated rings. The minimum Gasteiger partial charge on any atom is -0.496 e. The Morgan fingerprint density at radius 3 is 2.63 bits per heavy atom. The van der Waals surface area contributed by atoms with E-state index in [1.54, 1.807) is 0 Å².